The molecule has 0 aliphatic carbocycles. The van der Waals surface area contributed by atoms with Gasteiger partial charge in [0.05, 0.1) is 0 Å². The molecule has 0 bridgehead atoms. The van der Waals surface area contributed by atoms with Crippen LogP contribution >= 0.6 is 0 Å². The molecule has 0 spiro atoms. The Kier molecular flexibility index (Phi) is 2.63. The number of likely N-dealkylation sites (N-methyl/N-ethyl adjacent to an activating group) is 1. The smallest absolute Gasteiger partial charge is 0.168 e. The first-order chi connectivity index (χ1) is 4.75. The van der Waals surface area contributed by atoms with Crippen molar-refractivity contribution in [2.75, 3.05) is 13.1 Å². The van der Waals surface area contributed by atoms with Gasteiger partial charge in [0.15, 0.2) is 6.30 Å². The molecule has 1 saturated heterocycles. The largest absolute Gasteiger partial charge is 0.324 e. The maximum atomic E-state index is 13.0. The summed E-state index contributed by atoms with van der Waals surface area (Å²) >= 11 is 0. The molecule has 1 rings (SSSR count). The van der Waals surface area contributed by atoms with Gasteiger partial charge in [0.1, 0.15) is 0 Å². The fraction of sp³-hybridized carbons (Fsp3) is 1.00. The van der Waals surface area contributed by atoms with Crippen LogP contribution in [0.5, 0.6) is 0 Å². The zero-order valence-electron chi connectivity index (χ0n) is 6.39. The van der Waals surface area contributed by atoms with Crippen molar-refractivity contribution in [1.29, 1.82) is 0 Å². The van der Waals surface area contributed by atoms with Crippen LogP contribution in [-0.4, -0.2) is 30.3 Å². The molecule has 1 fully saturated rings. The number of piperidine rings is 1. The highest BCUT2D eigenvalue weighted by molar-refractivity contribution is 4.78. The van der Waals surface area contributed by atoms with Gasteiger partial charge >= 0.3 is 0 Å². The third-order valence-corrected chi connectivity index (χ3v) is 2.09. The van der Waals surface area contributed by atoms with Gasteiger partial charge in [-0.25, -0.2) is 4.39 Å². The minimum atomic E-state index is -0.904. The van der Waals surface area contributed by atoms with Crippen molar-refractivity contribution in [2.45, 2.75) is 32.1 Å². The molecule has 1 aliphatic heterocycles. The van der Waals surface area contributed by atoms with Gasteiger partial charge in [-0.3, -0.25) is 4.90 Å². The maximum Gasteiger partial charge on any atom is 0.168 e. The van der Waals surface area contributed by atoms with E-state index in [9.17, 15) is 4.39 Å². The average Bonchev–Trinajstić information content (AvgIpc) is 1.95. The minimum Gasteiger partial charge on any atom is -0.324 e. The summed E-state index contributed by atoms with van der Waals surface area (Å²) in [6, 6.07) is -0.256. The molecule has 1 heterocycles. The summed E-state index contributed by atoms with van der Waals surface area (Å²) in [5, 5.41) is 0. The summed E-state index contributed by atoms with van der Waals surface area (Å²) in [4.78, 5) is 1.79. The Morgan fingerprint density at radius 3 is 2.90 bits per heavy atom. The van der Waals surface area contributed by atoms with Crippen molar-refractivity contribution in [1.82, 2.24) is 4.90 Å². The lowest BCUT2D eigenvalue weighted by Gasteiger charge is -2.33. The van der Waals surface area contributed by atoms with Crippen LogP contribution in [0.4, 0.5) is 4.39 Å². The number of alkyl halides is 1. The highest BCUT2D eigenvalue weighted by atomic mass is 19.1. The Hall–Kier alpha value is -0.150. The second kappa shape index (κ2) is 3.30. The number of nitrogens with zero attached hydrogens (tertiary/aromatic N) is 1. The van der Waals surface area contributed by atoms with E-state index in [0.29, 0.717) is 0 Å². The van der Waals surface area contributed by atoms with Gasteiger partial charge in [-0.1, -0.05) is 6.92 Å². The SMILES string of the molecule is CCN1CCCC(N)C1F. The van der Waals surface area contributed by atoms with Crippen LogP contribution in [0, 0.1) is 0 Å². The normalized spacial score (nSPS) is 36.3. The summed E-state index contributed by atoms with van der Waals surface area (Å²) in [5.74, 6) is 0. The fourth-order valence-corrected chi connectivity index (χ4v) is 1.39. The van der Waals surface area contributed by atoms with Crippen molar-refractivity contribution < 1.29 is 4.39 Å². The predicted molar refractivity (Wildman–Crippen MR) is 39.4 cm³/mol. The van der Waals surface area contributed by atoms with Crippen molar-refractivity contribution in [2.24, 2.45) is 5.73 Å². The highest BCUT2D eigenvalue weighted by Crippen LogP contribution is 2.15. The quantitative estimate of drug-likeness (QED) is 0.552. The van der Waals surface area contributed by atoms with Crippen LogP contribution in [0.3, 0.4) is 0 Å². The van der Waals surface area contributed by atoms with E-state index in [0.717, 1.165) is 25.9 Å². The molecule has 0 saturated carbocycles. The first kappa shape index (κ1) is 7.95. The third kappa shape index (κ3) is 1.47. The molecule has 0 amide bonds. The molecule has 0 radical (unpaired) electrons. The number of rotatable bonds is 1. The number of hydrogen-bond acceptors (Lipinski definition) is 2. The van der Waals surface area contributed by atoms with E-state index < -0.39 is 6.30 Å². The van der Waals surface area contributed by atoms with E-state index in [2.05, 4.69) is 0 Å². The van der Waals surface area contributed by atoms with E-state index in [4.69, 9.17) is 5.73 Å². The van der Waals surface area contributed by atoms with Gasteiger partial charge in [0, 0.05) is 12.6 Å². The van der Waals surface area contributed by atoms with Gasteiger partial charge in [0.25, 0.3) is 0 Å². The van der Waals surface area contributed by atoms with E-state index in [1.54, 1.807) is 4.90 Å². The Bertz CT molecular complexity index is 108. The first-order valence-electron chi connectivity index (χ1n) is 3.89. The summed E-state index contributed by atoms with van der Waals surface area (Å²) in [5.41, 5.74) is 5.53. The Morgan fingerprint density at radius 2 is 2.40 bits per heavy atom. The van der Waals surface area contributed by atoms with Crippen molar-refractivity contribution in [3.63, 3.8) is 0 Å². The van der Waals surface area contributed by atoms with Crippen LogP contribution in [0.15, 0.2) is 0 Å². The fourth-order valence-electron chi connectivity index (χ4n) is 1.39. The van der Waals surface area contributed by atoms with Crippen LogP contribution in [-0.2, 0) is 0 Å². The molecule has 2 N–H and O–H groups in total. The van der Waals surface area contributed by atoms with E-state index in [-0.39, 0.29) is 6.04 Å². The van der Waals surface area contributed by atoms with Crippen molar-refractivity contribution >= 4 is 0 Å². The summed E-state index contributed by atoms with van der Waals surface area (Å²) in [7, 11) is 0. The Labute approximate surface area is 61.2 Å². The van der Waals surface area contributed by atoms with Crippen molar-refractivity contribution in [3.8, 4) is 0 Å². The molecule has 3 heteroatoms. The van der Waals surface area contributed by atoms with E-state index >= 15 is 0 Å². The molecule has 60 valence electrons. The molecule has 0 aromatic carbocycles. The molecule has 2 atom stereocenters. The van der Waals surface area contributed by atoms with Crippen LogP contribution in [0.1, 0.15) is 19.8 Å². The summed E-state index contributed by atoms with van der Waals surface area (Å²) < 4.78 is 13.0. The maximum absolute atomic E-state index is 13.0. The molecule has 2 unspecified atom stereocenters. The number of hydrogen-bond donors (Lipinski definition) is 1. The van der Waals surface area contributed by atoms with Gasteiger partial charge in [-0.15, -0.1) is 0 Å². The molecule has 2 nitrogen and oxygen atoms in total. The number of nitrogens with two attached hydrogens (primary N) is 1. The van der Waals surface area contributed by atoms with Crippen molar-refractivity contribution in [3.05, 3.63) is 0 Å². The van der Waals surface area contributed by atoms with Crippen LogP contribution < -0.4 is 5.73 Å². The molecular weight excluding hydrogens is 131 g/mol. The average molecular weight is 146 g/mol. The Morgan fingerprint density at radius 1 is 1.70 bits per heavy atom. The lowest BCUT2D eigenvalue weighted by molar-refractivity contribution is 0.0342. The standard InChI is InChI=1S/C7H15FN2/c1-2-10-5-3-4-6(9)7(10)8/h6-7H,2-5,9H2,1H3. The summed E-state index contributed by atoms with van der Waals surface area (Å²) in [6.45, 7) is 3.60. The first-order valence-corrected chi connectivity index (χ1v) is 3.89. The lowest BCUT2D eigenvalue weighted by atomic mass is 10.1. The van der Waals surface area contributed by atoms with Gasteiger partial charge < -0.3 is 5.73 Å². The molecular formula is C7H15FN2. The Balaban J connectivity index is 2.42. The van der Waals surface area contributed by atoms with E-state index in [1.165, 1.54) is 0 Å². The second-order valence-corrected chi connectivity index (χ2v) is 2.81. The van der Waals surface area contributed by atoms with Gasteiger partial charge in [-0.2, -0.15) is 0 Å². The molecule has 0 aromatic rings. The third-order valence-electron chi connectivity index (χ3n) is 2.09. The molecule has 0 aromatic heterocycles. The molecule has 10 heavy (non-hydrogen) atoms. The monoisotopic (exact) mass is 146 g/mol. The topological polar surface area (TPSA) is 29.3 Å². The minimum absolute atomic E-state index is 0.256. The zero-order chi connectivity index (χ0) is 7.56. The lowest BCUT2D eigenvalue weighted by Crippen LogP contribution is -2.49. The van der Waals surface area contributed by atoms with Crippen LogP contribution in [0.2, 0.25) is 0 Å². The molecule has 1 aliphatic rings. The van der Waals surface area contributed by atoms with Crippen LogP contribution in [0.25, 0.3) is 0 Å². The number of likely N-dealkylation sites (tertiary alicyclic amines) is 1. The zero-order valence-corrected chi connectivity index (χ0v) is 6.39. The van der Waals surface area contributed by atoms with E-state index in [1.807, 2.05) is 6.92 Å². The van der Waals surface area contributed by atoms with Gasteiger partial charge in [-0.05, 0) is 19.4 Å². The van der Waals surface area contributed by atoms with Gasteiger partial charge in [0.2, 0.25) is 0 Å². The predicted octanol–water partition coefficient (Wildman–Crippen LogP) is 0.725. The number of halogens is 1. The highest BCUT2D eigenvalue weighted by Gasteiger charge is 2.26. The summed E-state index contributed by atoms with van der Waals surface area (Å²) in [6.07, 6.45) is 0.964. The second-order valence-electron chi connectivity index (χ2n) is 2.81.